The molecule has 1 heterocycles. The number of hydrogen-bond donors (Lipinski definition) is 3. The highest BCUT2D eigenvalue weighted by atomic mass is 32.2. The van der Waals surface area contributed by atoms with E-state index in [-0.39, 0.29) is 0 Å². The fraction of sp³-hybridized carbons (Fsp3) is 0.250. The molecule has 17 heavy (non-hydrogen) atoms. The molecule has 3 N–H and O–H groups in total. The number of sulfonamides is 1. The summed E-state index contributed by atoms with van der Waals surface area (Å²) >= 11 is 0. The molecule has 0 aliphatic carbocycles. The lowest BCUT2D eigenvalue weighted by Crippen LogP contribution is -2.36. The van der Waals surface area contributed by atoms with Crippen molar-refractivity contribution in [1.82, 2.24) is 9.71 Å². The molecule has 9 heteroatoms. The van der Waals surface area contributed by atoms with Crippen LogP contribution in [0.4, 0.5) is 4.39 Å². The fourth-order valence-electron chi connectivity index (χ4n) is 0.899. The number of nitrogens with zero attached hydrogens (tertiary/aromatic N) is 1. The second kappa shape index (κ2) is 5.17. The molecule has 0 fully saturated rings. The number of halogens is 1. The zero-order valence-electron chi connectivity index (χ0n) is 8.37. The lowest BCUT2D eigenvalue weighted by Gasteiger charge is -2.08. The van der Waals surface area contributed by atoms with E-state index in [1.54, 1.807) is 0 Å². The van der Waals surface area contributed by atoms with E-state index >= 15 is 0 Å². The number of pyridine rings is 1. The van der Waals surface area contributed by atoms with Crippen LogP contribution in [-0.2, 0) is 14.8 Å². The molecular formula is C8H9FN2O5S. The van der Waals surface area contributed by atoms with E-state index in [1.165, 1.54) is 0 Å². The van der Waals surface area contributed by atoms with Gasteiger partial charge in [0.2, 0.25) is 10.0 Å². The molecule has 1 rings (SSSR count). The van der Waals surface area contributed by atoms with Crippen LogP contribution >= 0.6 is 0 Å². The Bertz CT molecular complexity index is 518. The van der Waals surface area contributed by atoms with Gasteiger partial charge in [-0.05, 0) is 6.07 Å². The van der Waals surface area contributed by atoms with Crippen molar-refractivity contribution in [3.8, 4) is 0 Å². The van der Waals surface area contributed by atoms with Crippen molar-refractivity contribution in [2.75, 3.05) is 6.54 Å². The third kappa shape index (κ3) is 3.73. The number of aliphatic hydroxyl groups is 1. The average molecular weight is 264 g/mol. The number of rotatable bonds is 5. The molecule has 1 aromatic heterocycles. The van der Waals surface area contributed by atoms with Crippen molar-refractivity contribution in [2.45, 2.75) is 11.0 Å². The molecule has 1 atom stereocenters. The first-order chi connectivity index (χ1) is 7.83. The number of aliphatic carboxylic acids is 1. The summed E-state index contributed by atoms with van der Waals surface area (Å²) in [6.07, 6.45) is -0.143. The van der Waals surface area contributed by atoms with Crippen molar-refractivity contribution in [3.63, 3.8) is 0 Å². The Morgan fingerprint density at radius 2 is 2.18 bits per heavy atom. The van der Waals surface area contributed by atoms with Gasteiger partial charge in [-0.2, -0.15) is 0 Å². The highest BCUT2D eigenvalue weighted by molar-refractivity contribution is 7.89. The molecule has 0 saturated heterocycles. The van der Waals surface area contributed by atoms with Crippen LogP contribution in [0.1, 0.15) is 0 Å². The van der Waals surface area contributed by atoms with E-state index in [0.29, 0.717) is 0 Å². The van der Waals surface area contributed by atoms with Gasteiger partial charge in [-0.1, -0.05) is 0 Å². The summed E-state index contributed by atoms with van der Waals surface area (Å²) in [6, 6.07) is 0.725. The van der Waals surface area contributed by atoms with Gasteiger partial charge >= 0.3 is 5.97 Å². The monoisotopic (exact) mass is 264 g/mol. The van der Waals surface area contributed by atoms with E-state index in [4.69, 9.17) is 10.2 Å². The topological polar surface area (TPSA) is 117 Å². The summed E-state index contributed by atoms with van der Waals surface area (Å²) in [5.74, 6) is -2.41. The maximum absolute atomic E-state index is 12.7. The number of nitrogens with one attached hydrogen (secondary N) is 1. The quantitative estimate of drug-likeness (QED) is 0.624. The molecule has 0 aromatic carbocycles. The van der Waals surface area contributed by atoms with Crippen LogP contribution in [0.5, 0.6) is 0 Å². The third-order valence-electron chi connectivity index (χ3n) is 1.74. The Balaban J connectivity index is 2.79. The van der Waals surface area contributed by atoms with Crippen molar-refractivity contribution < 1.29 is 27.8 Å². The molecule has 7 nitrogen and oxygen atoms in total. The van der Waals surface area contributed by atoms with E-state index in [1.807, 2.05) is 4.72 Å². The van der Waals surface area contributed by atoms with Gasteiger partial charge in [0.1, 0.15) is 10.7 Å². The summed E-state index contributed by atoms with van der Waals surface area (Å²) in [4.78, 5) is 13.1. The largest absolute Gasteiger partial charge is 0.479 e. The zero-order valence-corrected chi connectivity index (χ0v) is 9.19. The standard InChI is InChI=1S/C8H9FN2O5S/c9-5-1-6(3-10-2-5)17(15,16)11-4-7(12)8(13)14/h1-3,7,11-12H,4H2,(H,13,14)/t7-/m0/s1. The third-order valence-corrected chi connectivity index (χ3v) is 3.13. The lowest BCUT2D eigenvalue weighted by molar-refractivity contribution is -0.146. The number of aromatic nitrogens is 1. The molecule has 1 aromatic rings. The number of carboxylic acids is 1. The Morgan fingerprint density at radius 1 is 1.53 bits per heavy atom. The summed E-state index contributed by atoms with van der Waals surface area (Å²) in [7, 11) is -4.09. The average Bonchev–Trinajstić information content (AvgIpc) is 2.26. The van der Waals surface area contributed by atoms with Crippen molar-refractivity contribution >= 4 is 16.0 Å². The highest BCUT2D eigenvalue weighted by Gasteiger charge is 2.19. The van der Waals surface area contributed by atoms with E-state index in [0.717, 1.165) is 18.5 Å². The molecule has 0 unspecified atom stereocenters. The second-order valence-electron chi connectivity index (χ2n) is 3.04. The van der Waals surface area contributed by atoms with Crippen LogP contribution in [0, 0.1) is 5.82 Å². The molecule has 0 spiro atoms. The van der Waals surface area contributed by atoms with Gasteiger partial charge in [-0.3, -0.25) is 4.98 Å². The Morgan fingerprint density at radius 3 is 2.71 bits per heavy atom. The van der Waals surface area contributed by atoms with Gasteiger partial charge < -0.3 is 10.2 Å². The van der Waals surface area contributed by atoms with Gasteiger partial charge in [0.25, 0.3) is 0 Å². The van der Waals surface area contributed by atoms with Crippen molar-refractivity contribution in [3.05, 3.63) is 24.3 Å². The predicted molar refractivity (Wildman–Crippen MR) is 53.0 cm³/mol. The normalized spacial score (nSPS) is 13.3. The van der Waals surface area contributed by atoms with Crippen LogP contribution in [0.2, 0.25) is 0 Å². The van der Waals surface area contributed by atoms with Gasteiger partial charge in [0.15, 0.2) is 6.10 Å². The van der Waals surface area contributed by atoms with Gasteiger partial charge in [-0.25, -0.2) is 22.3 Å². The second-order valence-corrected chi connectivity index (χ2v) is 4.81. The highest BCUT2D eigenvalue weighted by Crippen LogP contribution is 2.08. The van der Waals surface area contributed by atoms with Crippen LogP contribution in [-0.4, -0.2) is 42.2 Å². The minimum Gasteiger partial charge on any atom is -0.479 e. The molecule has 0 aliphatic heterocycles. The molecule has 0 saturated carbocycles. The SMILES string of the molecule is O=C(O)[C@@H](O)CNS(=O)(=O)c1cncc(F)c1. The van der Waals surface area contributed by atoms with E-state index in [2.05, 4.69) is 4.98 Å². The maximum Gasteiger partial charge on any atom is 0.333 e. The summed E-state index contributed by atoms with van der Waals surface area (Å²) in [5, 5.41) is 17.2. The summed E-state index contributed by atoms with van der Waals surface area (Å²) < 4.78 is 37.5. The van der Waals surface area contributed by atoms with Crippen LogP contribution in [0.3, 0.4) is 0 Å². The van der Waals surface area contributed by atoms with Crippen molar-refractivity contribution in [2.24, 2.45) is 0 Å². The maximum atomic E-state index is 12.7. The smallest absolute Gasteiger partial charge is 0.333 e. The Kier molecular flexibility index (Phi) is 4.10. The number of hydrogen-bond acceptors (Lipinski definition) is 5. The molecule has 0 amide bonds. The first-order valence-electron chi connectivity index (χ1n) is 4.34. The van der Waals surface area contributed by atoms with Crippen LogP contribution < -0.4 is 4.72 Å². The molecular weight excluding hydrogens is 255 g/mol. The zero-order chi connectivity index (χ0) is 13.1. The summed E-state index contributed by atoms with van der Waals surface area (Å²) in [5.41, 5.74) is 0. The molecule has 0 aliphatic rings. The Labute approximate surface area is 96.0 Å². The molecule has 94 valence electrons. The summed E-state index contributed by atoms with van der Waals surface area (Å²) in [6.45, 7) is -0.714. The van der Waals surface area contributed by atoms with Crippen molar-refractivity contribution in [1.29, 1.82) is 0 Å². The van der Waals surface area contributed by atoms with Crippen LogP contribution in [0.15, 0.2) is 23.4 Å². The van der Waals surface area contributed by atoms with E-state index < -0.39 is 39.4 Å². The molecule has 0 radical (unpaired) electrons. The number of aliphatic hydroxyl groups excluding tert-OH is 1. The fourth-order valence-corrected chi connectivity index (χ4v) is 1.91. The minimum absolute atomic E-state index is 0.449. The Hall–Kier alpha value is -1.58. The minimum atomic E-state index is -4.09. The predicted octanol–water partition coefficient (Wildman–Crippen LogP) is -1.06. The van der Waals surface area contributed by atoms with Crippen LogP contribution in [0.25, 0.3) is 0 Å². The van der Waals surface area contributed by atoms with Gasteiger partial charge in [-0.15, -0.1) is 0 Å². The van der Waals surface area contributed by atoms with Gasteiger partial charge in [0, 0.05) is 12.7 Å². The lowest BCUT2D eigenvalue weighted by atomic mass is 10.4. The molecule has 0 bridgehead atoms. The van der Waals surface area contributed by atoms with E-state index in [9.17, 15) is 17.6 Å². The first-order valence-corrected chi connectivity index (χ1v) is 5.82. The van der Waals surface area contributed by atoms with Gasteiger partial charge in [0.05, 0.1) is 6.20 Å². The first kappa shape index (κ1) is 13.5. The number of carbonyl (C=O) groups is 1. The number of carboxylic acid groups (broad SMARTS) is 1.